The second kappa shape index (κ2) is 7.47. The van der Waals surface area contributed by atoms with Crippen molar-refractivity contribution in [3.8, 4) is 5.75 Å². The number of nitrogens with zero attached hydrogens (tertiary/aromatic N) is 1. The van der Waals surface area contributed by atoms with E-state index in [9.17, 15) is 4.79 Å². The molecule has 0 aliphatic carbocycles. The molecule has 4 nitrogen and oxygen atoms in total. The van der Waals surface area contributed by atoms with Crippen molar-refractivity contribution >= 4 is 39.3 Å². The van der Waals surface area contributed by atoms with E-state index >= 15 is 0 Å². The predicted molar refractivity (Wildman–Crippen MR) is 88.8 cm³/mol. The molecule has 2 aromatic rings. The quantitative estimate of drug-likeness (QED) is 0.809. The fraction of sp³-hybridized carbons (Fsp3) is 0.200. The number of ether oxygens (including phenoxy) is 1. The molecule has 21 heavy (non-hydrogen) atoms. The molecule has 2 rings (SSSR count). The van der Waals surface area contributed by atoms with E-state index in [-0.39, 0.29) is 5.91 Å². The summed E-state index contributed by atoms with van der Waals surface area (Å²) in [6.07, 6.45) is 1.66. The number of amides is 1. The first-order valence-corrected chi connectivity index (χ1v) is 8.05. The molecule has 0 fully saturated rings. The van der Waals surface area contributed by atoms with Gasteiger partial charge < -0.3 is 10.1 Å². The Balaban J connectivity index is 2.00. The van der Waals surface area contributed by atoms with E-state index in [1.165, 1.54) is 12.5 Å². The van der Waals surface area contributed by atoms with E-state index < -0.39 is 0 Å². The normalized spacial score (nSPS) is 10.2. The molecule has 1 N–H and O–H groups in total. The molecule has 0 atom stereocenters. The Kier molecular flexibility index (Phi) is 5.64. The van der Waals surface area contributed by atoms with Gasteiger partial charge in [-0.2, -0.15) is 0 Å². The Bertz CT molecular complexity index is 632. The van der Waals surface area contributed by atoms with Gasteiger partial charge in [0, 0.05) is 12.7 Å². The maximum absolute atomic E-state index is 11.0. The Morgan fingerprint density at radius 1 is 1.38 bits per heavy atom. The van der Waals surface area contributed by atoms with Crippen LogP contribution in [0, 0.1) is 0 Å². The highest BCUT2D eigenvalue weighted by molar-refractivity contribution is 9.10. The van der Waals surface area contributed by atoms with Gasteiger partial charge in [0.1, 0.15) is 10.8 Å². The zero-order chi connectivity index (χ0) is 15.2. The van der Waals surface area contributed by atoms with E-state index in [1.54, 1.807) is 25.1 Å². The number of carbonyl (C=O) groups excluding carboxylic acids is 1. The predicted octanol–water partition coefficient (Wildman–Crippen LogP) is 4.10. The van der Waals surface area contributed by atoms with Crippen molar-refractivity contribution in [2.75, 3.05) is 12.4 Å². The number of anilines is 1. The highest BCUT2D eigenvalue weighted by Gasteiger charge is 2.06. The zero-order valence-corrected chi connectivity index (χ0v) is 14.1. The lowest BCUT2D eigenvalue weighted by Crippen LogP contribution is -2.06. The van der Waals surface area contributed by atoms with E-state index in [4.69, 9.17) is 4.74 Å². The second-order valence-electron chi connectivity index (χ2n) is 4.33. The summed E-state index contributed by atoms with van der Waals surface area (Å²) >= 11 is 5.11. The van der Waals surface area contributed by atoms with Crippen LogP contribution in [0.3, 0.4) is 0 Å². The molecule has 1 amide bonds. The minimum atomic E-state index is -0.109. The van der Waals surface area contributed by atoms with E-state index in [0.29, 0.717) is 5.69 Å². The highest BCUT2D eigenvalue weighted by Crippen LogP contribution is 2.30. The van der Waals surface area contributed by atoms with E-state index in [0.717, 1.165) is 21.0 Å². The van der Waals surface area contributed by atoms with E-state index in [2.05, 4.69) is 26.2 Å². The third kappa shape index (κ3) is 4.75. The van der Waals surface area contributed by atoms with Gasteiger partial charge in [-0.1, -0.05) is 12.1 Å². The molecule has 110 valence electrons. The molecule has 0 saturated carbocycles. The van der Waals surface area contributed by atoms with Crippen molar-refractivity contribution in [3.05, 3.63) is 46.6 Å². The number of benzene rings is 1. The molecule has 0 bridgehead atoms. The number of thioether (sulfide) groups is 1. The molecule has 0 radical (unpaired) electrons. The highest BCUT2D eigenvalue weighted by atomic mass is 79.9. The summed E-state index contributed by atoms with van der Waals surface area (Å²) in [5.41, 5.74) is 1.88. The number of pyridine rings is 1. The third-order valence-corrected chi connectivity index (χ3v) is 4.61. The van der Waals surface area contributed by atoms with Crippen molar-refractivity contribution in [1.82, 2.24) is 4.98 Å². The van der Waals surface area contributed by atoms with Gasteiger partial charge in [-0.05, 0) is 39.7 Å². The number of methoxy groups -OCH3 is 1. The summed E-state index contributed by atoms with van der Waals surface area (Å²) in [7, 11) is 1.65. The van der Waals surface area contributed by atoms with Crippen LogP contribution in [-0.2, 0) is 10.5 Å². The zero-order valence-electron chi connectivity index (χ0n) is 11.7. The number of carbonyl (C=O) groups is 1. The molecular formula is C15H15BrN2O2S. The van der Waals surface area contributed by atoms with Crippen molar-refractivity contribution in [2.45, 2.75) is 17.7 Å². The number of nitrogens with one attached hydrogen (secondary N) is 1. The molecule has 1 aromatic carbocycles. The standard InChI is InChI=1S/C15H15BrN2O2S/c1-10(19)18-12-7-14(16)15(17-8-12)21-9-11-3-5-13(20-2)6-4-11/h3-8H,9H2,1-2H3,(H,18,19). The van der Waals surface area contributed by atoms with Crippen molar-refractivity contribution < 1.29 is 9.53 Å². The summed E-state index contributed by atoms with van der Waals surface area (Å²) in [5.74, 6) is 1.56. The number of rotatable bonds is 5. The maximum atomic E-state index is 11.0. The largest absolute Gasteiger partial charge is 0.497 e. The molecule has 0 unspecified atom stereocenters. The topological polar surface area (TPSA) is 51.2 Å². The monoisotopic (exact) mass is 366 g/mol. The van der Waals surface area contributed by atoms with Crippen LogP contribution in [0.15, 0.2) is 46.0 Å². The van der Waals surface area contributed by atoms with Crippen LogP contribution in [0.1, 0.15) is 12.5 Å². The summed E-state index contributed by atoms with van der Waals surface area (Å²) in [6.45, 7) is 1.47. The first-order valence-electron chi connectivity index (χ1n) is 6.27. The van der Waals surface area contributed by atoms with Crippen molar-refractivity contribution in [3.63, 3.8) is 0 Å². The average Bonchev–Trinajstić information content (AvgIpc) is 2.46. The Morgan fingerprint density at radius 3 is 2.67 bits per heavy atom. The van der Waals surface area contributed by atoms with Gasteiger partial charge in [-0.3, -0.25) is 4.79 Å². The van der Waals surface area contributed by atoms with Gasteiger partial charge in [0.25, 0.3) is 0 Å². The van der Waals surface area contributed by atoms with Crippen LogP contribution < -0.4 is 10.1 Å². The summed E-state index contributed by atoms with van der Waals surface area (Å²) in [5, 5.41) is 3.59. The molecule has 1 aromatic heterocycles. The number of hydrogen-bond acceptors (Lipinski definition) is 4. The third-order valence-electron chi connectivity index (χ3n) is 2.66. The smallest absolute Gasteiger partial charge is 0.221 e. The molecule has 0 aliphatic heterocycles. The van der Waals surface area contributed by atoms with Gasteiger partial charge in [-0.15, -0.1) is 11.8 Å². The first kappa shape index (κ1) is 15.9. The maximum Gasteiger partial charge on any atom is 0.221 e. The minimum Gasteiger partial charge on any atom is -0.497 e. The second-order valence-corrected chi connectivity index (χ2v) is 6.15. The fourth-order valence-electron chi connectivity index (χ4n) is 1.68. The molecular weight excluding hydrogens is 352 g/mol. The number of aromatic nitrogens is 1. The lowest BCUT2D eigenvalue weighted by atomic mass is 10.2. The van der Waals surface area contributed by atoms with Crippen LogP contribution in [-0.4, -0.2) is 18.0 Å². The van der Waals surface area contributed by atoms with E-state index in [1.807, 2.05) is 30.3 Å². The summed E-state index contributed by atoms with van der Waals surface area (Å²) in [6, 6.07) is 9.80. The minimum absolute atomic E-state index is 0.109. The first-order chi connectivity index (χ1) is 10.1. The average molecular weight is 367 g/mol. The molecule has 0 spiro atoms. The van der Waals surface area contributed by atoms with Crippen molar-refractivity contribution in [2.24, 2.45) is 0 Å². The molecule has 0 saturated heterocycles. The Morgan fingerprint density at radius 2 is 2.10 bits per heavy atom. The molecule has 0 aliphatic rings. The van der Waals surface area contributed by atoms with Gasteiger partial charge in [0.15, 0.2) is 0 Å². The Hall–Kier alpha value is -1.53. The molecule has 6 heteroatoms. The lowest BCUT2D eigenvalue weighted by molar-refractivity contribution is -0.114. The van der Waals surface area contributed by atoms with Gasteiger partial charge in [0.05, 0.1) is 23.5 Å². The molecule has 1 heterocycles. The van der Waals surface area contributed by atoms with Gasteiger partial charge in [-0.25, -0.2) is 4.98 Å². The van der Waals surface area contributed by atoms with Gasteiger partial charge in [0.2, 0.25) is 5.91 Å². The summed E-state index contributed by atoms with van der Waals surface area (Å²) < 4.78 is 6.00. The van der Waals surface area contributed by atoms with Crippen LogP contribution in [0.4, 0.5) is 5.69 Å². The van der Waals surface area contributed by atoms with Gasteiger partial charge >= 0.3 is 0 Å². The van der Waals surface area contributed by atoms with Crippen LogP contribution in [0.25, 0.3) is 0 Å². The van der Waals surface area contributed by atoms with Crippen molar-refractivity contribution in [1.29, 1.82) is 0 Å². The number of halogens is 1. The van der Waals surface area contributed by atoms with Crippen LogP contribution >= 0.6 is 27.7 Å². The Labute approximate surface area is 136 Å². The number of hydrogen-bond donors (Lipinski definition) is 1. The van der Waals surface area contributed by atoms with Crippen LogP contribution in [0.2, 0.25) is 0 Å². The fourth-order valence-corrected chi connectivity index (χ4v) is 3.19. The summed E-state index contributed by atoms with van der Waals surface area (Å²) in [4.78, 5) is 15.4. The van der Waals surface area contributed by atoms with Crippen LogP contribution in [0.5, 0.6) is 5.75 Å². The SMILES string of the molecule is COc1ccc(CSc2ncc(NC(C)=O)cc2Br)cc1. The lowest BCUT2D eigenvalue weighted by Gasteiger charge is -2.07.